The van der Waals surface area contributed by atoms with Crippen LogP contribution in [0.2, 0.25) is 0 Å². The molecule has 0 saturated heterocycles. The van der Waals surface area contributed by atoms with E-state index in [2.05, 4.69) is 10.6 Å². The van der Waals surface area contributed by atoms with E-state index in [-0.39, 0.29) is 12.3 Å². The van der Waals surface area contributed by atoms with Gasteiger partial charge in [0.05, 0.1) is 0 Å². The van der Waals surface area contributed by atoms with Gasteiger partial charge in [-0.3, -0.25) is 9.59 Å². The molecule has 38 heavy (non-hydrogen) atoms. The van der Waals surface area contributed by atoms with Crippen LogP contribution in [0.4, 0.5) is 10.5 Å². The first-order chi connectivity index (χ1) is 17.9. The number of aromatic hydroxyl groups is 1. The lowest BCUT2D eigenvalue weighted by molar-refractivity contribution is -0.140. The molecule has 0 spiro atoms. The molecule has 0 aromatic heterocycles. The smallest absolute Gasteiger partial charge is 0.408 e. The van der Waals surface area contributed by atoms with Crippen LogP contribution in [-0.4, -0.2) is 58.1 Å². The average Bonchev–Trinajstić information content (AvgIpc) is 2.82. The maximum atomic E-state index is 14.0. The van der Waals surface area contributed by atoms with Crippen molar-refractivity contribution in [2.45, 2.75) is 72.1 Å². The number of hydrogen-bond acceptors (Lipinski definition) is 6. The van der Waals surface area contributed by atoms with Crippen LogP contribution in [0.25, 0.3) is 0 Å². The van der Waals surface area contributed by atoms with E-state index in [1.807, 2.05) is 45.2 Å². The van der Waals surface area contributed by atoms with Crippen molar-refractivity contribution in [3.63, 3.8) is 0 Å². The maximum absolute atomic E-state index is 14.0. The number of para-hydroxylation sites is 1. The van der Waals surface area contributed by atoms with Crippen molar-refractivity contribution in [2.75, 3.05) is 23.9 Å². The van der Waals surface area contributed by atoms with Crippen LogP contribution in [0.5, 0.6) is 5.75 Å². The van der Waals surface area contributed by atoms with Gasteiger partial charge in [0.15, 0.2) is 0 Å². The first-order valence-corrected chi connectivity index (χ1v) is 14.2. The lowest BCUT2D eigenvalue weighted by Gasteiger charge is -2.34. The van der Waals surface area contributed by atoms with Gasteiger partial charge in [-0.05, 0) is 88.3 Å². The number of nitrogens with one attached hydrogen (secondary N) is 2. The summed E-state index contributed by atoms with van der Waals surface area (Å²) >= 11 is 1.56. The van der Waals surface area contributed by atoms with Gasteiger partial charge < -0.3 is 25.4 Å². The Labute approximate surface area is 230 Å². The molecule has 2 atom stereocenters. The Morgan fingerprint density at radius 1 is 1.08 bits per heavy atom. The van der Waals surface area contributed by atoms with Crippen LogP contribution in [0.15, 0.2) is 42.5 Å². The molecule has 2 rings (SSSR count). The normalized spacial score (nSPS) is 12.8. The summed E-state index contributed by atoms with van der Waals surface area (Å²) in [6, 6.07) is 10.2. The van der Waals surface area contributed by atoms with E-state index >= 15 is 0 Å². The molecule has 0 aliphatic heterocycles. The van der Waals surface area contributed by atoms with Crippen LogP contribution in [0.3, 0.4) is 0 Å². The molecule has 2 aromatic carbocycles. The summed E-state index contributed by atoms with van der Waals surface area (Å²) in [5, 5.41) is 16.0. The molecule has 2 aromatic rings. The molecule has 2 unspecified atom stereocenters. The zero-order chi connectivity index (χ0) is 28.5. The van der Waals surface area contributed by atoms with Crippen molar-refractivity contribution in [2.24, 2.45) is 0 Å². The Kier molecular flexibility index (Phi) is 11.5. The summed E-state index contributed by atoms with van der Waals surface area (Å²) in [7, 11) is 0. The number of anilines is 1. The number of thioether (sulfide) groups is 1. The molecule has 0 heterocycles. The quantitative estimate of drug-likeness (QED) is 0.342. The minimum atomic E-state index is -1.04. The minimum Gasteiger partial charge on any atom is -0.508 e. The lowest BCUT2D eigenvalue weighted by atomic mass is 10.0. The number of amides is 3. The van der Waals surface area contributed by atoms with E-state index in [1.165, 1.54) is 17.0 Å². The standard InChI is InChI=1S/C29H41N3O5S/c1-8-16-32(27(35)23(15-17-38-7)30-28(36)37-29(4,5)6)25(21-13-10-14-22(33)18-21)26(34)31-24-19(2)11-9-12-20(24)3/h9-14,18,23,25,33H,8,15-17H2,1-7H3,(H,30,36)(H,31,34). The Balaban J connectivity index is 2.52. The molecular formula is C29H41N3O5S. The van der Waals surface area contributed by atoms with E-state index in [9.17, 15) is 19.5 Å². The second-order valence-corrected chi connectivity index (χ2v) is 11.3. The fraction of sp³-hybridized carbons (Fsp3) is 0.483. The zero-order valence-electron chi connectivity index (χ0n) is 23.5. The Morgan fingerprint density at radius 3 is 2.26 bits per heavy atom. The highest BCUT2D eigenvalue weighted by Crippen LogP contribution is 2.29. The molecule has 8 nitrogen and oxygen atoms in total. The van der Waals surface area contributed by atoms with E-state index < -0.39 is 35.6 Å². The second-order valence-electron chi connectivity index (χ2n) is 10.3. The number of nitrogens with zero attached hydrogens (tertiary/aromatic N) is 1. The molecule has 9 heteroatoms. The summed E-state index contributed by atoms with van der Waals surface area (Å²) < 4.78 is 5.41. The predicted molar refractivity (Wildman–Crippen MR) is 154 cm³/mol. The van der Waals surface area contributed by atoms with Crippen LogP contribution in [-0.2, 0) is 14.3 Å². The van der Waals surface area contributed by atoms with Gasteiger partial charge in [0.25, 0.3) is 5.91 Å². The number of ether oxygens (including phenoxy) is 1. The number of phenols is 1. The highest BCUT2D eigenvalue weighted by atomic mass is 32.2. The Morgan fingerprint density at radius 2 is 1.71 bits per heavy atom. The fourth-order valence-electron chi connectivity index (χ4n) is 4.12. The van der Waals surface area contributed by atoms with Crippen LogP contribution < -0.4 is 10.6 Å². The van der Waals surface area contributed by atoms with Crippen LogP contribution >= 0.6 is 11.8 Å². The van der Waals surface area contributed by atoms with Crippen molar-refractivity contribution < 1.29 is 24.2 Å². The number of alkyl carbamates (subject to hydrolysis) is 1. The molecule has 0 fully saturated rings. The Hall–Kier alpha value is -3.20. The van der Waals surface area contributed by atoms with Gasteiger partial charge in [0, 0.05) is 12.2 Å². The van der Waals surface area contributed by atoms with Gasteiger partial charge in [-0.1, -0.05) is 37.3 Å². The van der Waals surface area contributed by atoms with Crippen LogP contribution in [0.1, 0.15) is 63.3 Å². The molecule has 3 N–H and O–H groups in total. The lowest BCUT2D eigenvalue weighted by Crippen LogP contribution is -2.52. The van der Waals surface area contributed by atoms with Gasteiger partial charge in [0.1, 0.15) is 23.4 Å². The van der Waals surface area contributed by atoms with Crippen molar-refractivity contribution in [1.29, 1.82) is 0 Å². The SMILES string of the molecule is CCCN(C(=O)C(CCSC)NC(=O)OC(C)(C)C)C(C(=O)Nc1c(C)cccc1C)c1cccc(O)c1. The van der Waals surface area contributed by atoms with Gasteiger partial charge in [-0.25, -0.2) is 4.79 Å². The number of rotatable bonds is 11. The maximum Gasteiger partial charge on any atom is 0.408 e. The molecule has 0 aliphatic carbocycles. The summed E-state index contributed by atoms with van der Waals surface area (Å²) in [5.41, 5.74) is 2.21. The number of phenolic OH excluding ortho intramolecular Hbond substituents is 1. The molecule has 3 amide bonds. The first kappa shape index (κ1) is 31.0. The minimum absolute atomic E-state index is 0.0120. The van der Waals surface area contributed by atoms with Gasteiger partial charge in [-0.15, -0.1) is 0 Å². The van der Waals surface area contributed by atoms with Crippen molar-refractivity contribution in [3.05, 3.63) is 59.2 Å². The van der Waals surface area contributed by atoms with Gasteiger partial charge in [-0.2, -0.15) is 11.8 Å². The Bertz CT molecular complexity index is 1100. The third kappa shape index (κ3) is 8.97. The van der Waals surface area contributed by atoms with Gasteiger partial charge >= 0.3 is 6.09 Å². The fourth-order valence-corrected chi connectivity index (χ4v) is 4.59. The molecule has 0 radical (unpaired) electrons. The predicted octanol–water partition coefficient (Wildman–Crippen LogP) is 5.57. The van der Waals surface area contributed by atoms with Crippen molar-refractivity contribution >= 4 is 35.4 Å². The van der Waals surface area contributed by atoms with Crippen LogP contribution in [0, 0.1) is 13.8 Å². The number of carbonyl (C=O) groups excluding carboxylic acids is 3. The molecule has 0 bridgehead atoms. The summed E-state index contributed by atoms with van der Waals surface area (Å²) in [6.45, 7) is 11.3. The number of benzene rings is 2. The monoisotopic (exact) mass is 543 g/mol. The molecular weight excluding hydrogens is 502 g/mol. The number of hydrogen-bond donors (Lipinski definition) is 3. The molecule has 208 valence electrons. The number of aryl methyl sites for hydroxylation is 2. The van der Waals surface area contributed by atoms with Crippen molar-refractivity contribution in [1.82, 2.24) is 10.2 Å². The van der Waals surface area contributed by atoms with E-state index in [0.29, 0.717) is 29.8 Å². The van der Waals surface area contributed by atoms with E-state index in [0.717, 1.165) is 11.1 Å². The topological polar surface area (TPSA) is 108 Å². The van der Waals surface area contributed by atoms with E-state index in [1.54, 1.807) is 44.7 Å². The van der Waals surface area contributed by atoms with E-state index in [4.69, 9.17) is 4.74 Å². The highest BCUT2D eigenvalue weighted by molar-refractivity contribution is 7.98. The summed E-state index contributed by atoms with van der Waals surface area (Å²) in [5.74, 6) is -0.188. The summed E-state index contributed by atoms with van der Waals surface area (Å²) in [6.07, 6.45) is 2.18. The van der Waals surface area contributed by atoms with Gasteiger partial charge in [0.2, 0.25) is 5.91 Å². The average molecular weight is 544 g/mol. The zero-order valence-corrected chi connectivity index (χ0v) is 24.3. The first-order valence-electron chi connectivity index (χ1n) is 12.8. The van der Waals surface area contributed by atoms with Crippen molar-refractivity contribution in [3.8, 4) is 5.75 Å². The highest BCUT2D eigenvalue weighted by Gasteiger charge is 2.36. The molecule has 0 saturated carbocycles. The third-order valence-corrected chi connectivity index (χ3v) is 6.47. The molecule has 0 aliphatic rings. The largest absolute Gasteiger partial charge is 0.508 e. The summed E-state index contributed by atoms with van der Waals surface area (Å²) in [4.78, 5) is 42.0. The second kappa shape index (κ2) is 14.1. The third-order valence-electron chi connectivity index (χ3n) is 5.82. The number of carbonyl (C=O) groups is 3.